The molecule has 3 rings (SSSR count). The minimum absolute atomic E-state index is 0.118. The topological polar surface area (TPSA) is 75.3 Å². The molecule has 2 N–H and O–H groups in total. The third kappa shape index (κ3) is 5.96. The van der Waals surface area contributed by atoms with Crippen molar-refractivity contribution < 1.29 is 17.6 Å². The molecule has 0 aliphatic heterocycles. The van der Waals surface area contributed by atoms with Crippen LogP contribution < -0.4 is 10.0 Å². The van der Waals surface area contributed by atoms with Crippen molar-refractivity contribution in [2.24, 2.45) is 0 Å². The molecule has 5 nitrogen and oxygen atoms in total. The molecule has 29 heavy (non-hydrogen) atoms. The highest BCUT2D eigenvalue weighted by atomic mass is 79.9. The van der Waals surface area contributed by atoms with Crippen molar-refractivity contribution in [1.29, 1.82) is 0 Å². The van der Waals surface area contributed by atoms with Gasteiger partial charge in [-0.25, -0.2) is 12.8 Å². The summed E-state index contributed by atoms with van der Waals surface area (Å²) in [5.74, 6) is -1.05. The van der Waals surface area contributed by atoms with Gasteiger partial charge in [-0.1, -0.05) is 52.3 Å². The van der Waals surface area contributed by atoms with Crippen LogP contribution in [0.1, 0.15) is 5.56 Å². The van der Waals surface area contributed by atoms with Crippen LogP contribution in [-0.4, -0.2) is 20.4 Å². The molecule has 3 aromatic rings. The Hall–Kier alpha value is -2.55. The Balaban J connectivity index is 1.85. The van der Waals surface area contributed by atoms with Gasteiger partial charge in [-0.05, 0) is 54.4 Å². The first-order valence-electron chi connectivity index (χ1n) is 8.72. The quantitative estimate of drug-likeness (QED) is 0.538. The predicted octanol–water partition coefficient (Wildman–Crippen LogP) is 4.12. The van der Waals surface area contributed by atoms with Gasteiger partial charge in [-0.15, -0.1) is 0 Å². The van der Waals surface area contributed by atoms with E-state index >= 15 is 0 Å². The smallest absolute Gasteiger partial charge is 0.242 e. The van der Waals surface area contributed by atoms with Crippen molar-refractivity contribution in [3.63, 3.8) is 0 Å². The molecule has 0 saturated heterocycles. The molecule has 1 atom stereocenters. The molecule has 0 saturated carbocycles. The fourth-order valence-electron chi connectivity index (χ4n) is 2.70. The van der Waals surface area contributed by atoms with Crippen LogP contribution in [0.2, 0.25) is 0 Å². The molecule has 0 aliphatic rings. The maximum Gasteiger partial charge on any atom is 0.242 e. The molecule has 0 spiro atoms. The van der Waals surface area contributed by atoms with Gasteiger partial charge in [0, 0.05) is 10.2 Å². The second-order valence-electron chi connectivity index (χ2n) is 6.32. The number of anilines is 1. The normalized spacial score (nSPS) is 12.3. The molecule has 1 amide bonds. The van der Waals surface area contributed by atoms with Crippen LogP contribution in [0.4, 0.5) is 10.1 Å². The molecule has 0 bridgehead atoms. The van der Waals surface area contributed by atoms with Crippen LogP contribution >= 0.6 is 15.9 Å². The summed E-state index contributed by atoms with van der Waals surface area (Å²) in [7, 11) is -4.03. The highest BCUT2D eigenvalue weighted by molar-refractivity contribution is 9.10. The Kier molecular flexibility index (Phi) is 6.79. The molecule has 150 valence electrons. The second-order valence-corrected chi connectivity index (χ2v) is 8.95. The van der Waals surface area contributed by atoms with Crippen molar-refractivity contribution >= 4 is 37.5 Å². The fourth-order valence-corrected chi connectivity index (χ4v) is 4.30. The first-order chi connectivity index (χ1) is 13.8. The molecule has 0 fully saturated rings. The maximum absolute atomic E-state index is 13.1. The average Bonchev–Trinajstić information content (AvgIpc) is 2.68. The molecular formula is C21H18BrFN2O3S. The van der Waals surface area contributed by atoms with E-state index in [-0.39, 0.29) is 11.3 Å². The summed E-state index contributed by atoms with van der Waals surface area (Å²) < 4.78 is 41.8. The average molecular weight is 477 g/mol. The first kappa shape index (κ1) is 21.2. The summed E-state index contributed by atoms with van der Waals surface area (Å²) in [5.41, 5.74) is 1.33. The van der Waals surface area contributed by atoms with E-state index in [0.29, 0.717) is 5.69 Å². The number of hydrogen-bond donors (Lipinski definition) is 2. The van der Waals surface area contributed by atoms with Crippen LogP contribution in [0.3, 0.4) is 0 Å². The minimum atomic E-state index is -4.03. The van der Waals surface area contributed by atoms with Gasteiger partial charge in [0.2, 0.25) is 15.9 Å². The predicted molar refractivity (Wildman–Crippen MR) is 113 cm³/mol. The van der Waals surface area contributed by atoms with Gasteiger partial charge in [0.05, 0.1) is 4.90 Å². The lowest BCUT2D eigenvalue weighted by Gasteiger charge is -2.19. The highest BCUT2D eigenvalue weighted by Crippen LogP contribution is 2.17. The second kappa shape index (κ2) is 9.30. The third-order valence-corrected chi connectivity index (χ3v) is 6.09. The Bertz CT molecular complexity index is 1090. The van der Waals surface area contributed by atoms with Gasteiger partial charge in [-0.3, -0.25) is 4.79 Å². The lowest BCUT2D eigenvalue weighted by Crippen LogP contribution is -2.45. The molecule has 0 heterocycles. The third-order valence-electron chi connectivity index (χ3n) is 4.11. The fraction of sp³-hybridized carbons (Fsp3) is 0.0952. The number of carbonyl (C=O) groups excluding carboxylic acids is 1. The zero-order valence-corrected chi connectivity index (χ0v) is 17.6. The SMILES string of the molecule is O=C(Nc1cccc(Br)c1)C(Cc1ccccc1)NS(=O)(=O)c1ccc(F)cc1. The van der Waals surface area contributed by atoms with E-state index in [1.165, 1.54) is 0 Å². The standard InChI is InChI=1S/C21H18BrFN2O3S/c22-16-7-4-8-18(14-16)24-21(26)20(13-15-5-2-1-3-6-15)25-29(27,28)19-11-9-17(23)10-12-19/h1-12,14,20,25H,13H2,(H,24,26). The van der Waals surface area contributed by atoms with Crippen LogP contribution in [0, 0.1) is 5.82 Å². The summed E-state index contributed by atoms with van der Waals surface area (Å²) >= 11 is 3.33. The number of benzene rings is 3. The number of sulfonamides is 1. The lowest BCUT2D eigenvalue weighted by atomic mass is 10.1. The molecule has 1 unspecified atom stereocenters. The maximum atomic E-state index is 13.1. The molecular weight excluding hydrogens is 459 g/mol. The van der Waals surface area contributed by atoms with E-state index in [9.17, 15) is 17.6 Å². The summed E-state index contributed by atoms with van der Waals surface area (Å²) in [5, 5.41) is 2.73. The van der Waals surface area contributed by atoms with E-state index in [1.54, 1.807) is 18.2 Å². The van der Waals surface area contributed by atoms with Gasteiger partial charge in [0.25, 0.3) is 0 Å². The van der Waals surface area contributed by atoms with Crippen molar-refractivity contribution in [3.05, 3.63) is 94.7 Å². The van der Waals surface area contributed by atoms with Crippen LogP contribution in [0.25, 0.3) is 0 Å². The van der Waals surface area contributed by atoms with E-state index in [4.69, 9.17) is 0 Å². The van der Waals surface area contributed by atoms with Crippen LogP contribution in [-0.2, 0) is 21.2 Å². The lowest BCUT2D eigenvalue weighted by molar-refractivity contribution is -0.117. The molecule has 0 radical (unpaired) electrons. The van der Waals surface area contributed by atoms with E-state index in [1.807, 2.05) is 36.4 Å². The zero-order valence-electron chi connectivity index (χ0n) is 15.2. The molecule has 8 heteroatoms. The Morgan fingerprint density at radius 2 is 1.66 bits per heavy atom. The van der Waals surface area contributed by atoms with E-state index < -0.39 is 27.8 Å². The van der Waals surface area contributed by atoms with Gasteiger partial charge < -0.3 is 5.32 Å². The Morgan fingerprint density at radius 3 is 2.31 bits per heavy atom. The van der Waals surface area contributed by atoms with Crippen molar-refractivity contribution in [2.75, 3.05) is 5.32 Å². The van der Waals surface area contributed by atoms with Gasteiger partial charge in [0.1, 0.15) is 11.9 Å². The van der Waals surface area contributed by atoms with E-state index in [0.717, 1.165) is 34.3 Å². The van der Waals surface area contributed by atoms with Crippen molar-refractivity contribution in [1.82, 2.24) is 4.72 Å². The Morgan fingerprint density at radius 1 is 0.966 bits per heavy atom. The van der Waals surface area contributed by atoms with Gasteiger partial charge in [0.15, 0.2) is 0 Å². The summed E-state index contributed by atoms with van der Waals surface area (Å²) in [6, 6.07) is 19.4. The number of amides is 1. The minimum Gasteiger partial charge on any atom is -0.325 e. The summed E-state index contributed by atoms with van der Waals surface area (Å²) in [6.07, 6.45) is 0.154. The first-order valence-corrected chi connectivity index (χ1v) is 11.0. The molecule has 0 aliphatic carbocycles. The molecule has 3 aromatic carbocycles. The monoisotopic (exact) mass is 476 g/mol. The largest absolute Gasteiger partial charge is 0.325 e. The number of nitrogens with one attached hydrogen (secondary N) is 2. The number of halogens is 2. The summed E-state index contributed by atoms with van der Waals surface area (Å²) in [4.78, 5) is 12.8. The summed E-state index contributed by atoms with van der Waals surface area (Å²) in [6.45, 7) is 0. The van der Waals surface area contributed by atoms with Gasteiger partial charge >= 0.3 is 0 Å². The van der Waals surface area contributed by atoms with E-state index in [2.05, 4.69) is 26.0 Å². The Labute approximate surface area is 177 Å². The zero-order chi connectivity index (χ0) is 20.9. The van der Waals surface area contributed by atoms with Gasteiger partial charge in [-0.2, -0.15) is 4.72 Å². The number of carbonyl (C=O) groups is 1. The number of hydrogen-bond acceptors (Lipinski definition) is 3. The van der Waals surface area contributed by atoms with Crippen molar-refractivity contribution in [2.45, 2.75) is 17.4 Å². The van der Waals surface area contributed by atoms with Crippen LogP contribution in [0.15, 0.2) is 88.2 Å². The van der Waals surface area contributed by atoms with Crippen LogP contribution in [0.5, 0.6) is 0 Å². The molecule has 0 aromatic heterocycles. The number of rotatable bonds is 7. The highest BCUT2D eigenvalue weighted by Gasteiger charge is 2.26. The van der Waals surface area contributed by atoms with Crippen molar-refractivity contribution in [3.8, 4) is 0 Å².